The number of carbonyl (C=O) groups is 1. The maximum atomic E-state index is 11.0. The molecule has 2 saturated carbocycles. The molecule has 0 aliphatic heterocycles. The molecular weight excluding hydrogens is 226 g/mol. The zero-order valence-corrected chi connectivity index (χ0v) is 11.8. The Morgan fingerprint density at radius 3 is 2.22 bits per heavy atom. The molecule has 0 saturated heterocycles. The number of carboxylic acid groups (broad SMARTS) is 1. The third kappa shape index (κ3) is 3.05. The molecule has 2 fully saturated rings. The lowest BCUT2D eigenvalue weighted by atomic mass is 9.71. The number of carboxylic acids is 1. The monoisotopic (exact) mass is 253 g/mol. The molecule has 2 aliphatic carbocycles. The van der Waals surface area contributed by atoms with Crippen molar-refractivity contribution in [2.45, 2.75) is 77.3 Å². The lowest BCUT2D eigenvalue weighted by Gasteiger charge is -2.43. The molecule has 0 radical (unpaired) electrons. The van der Waals surface area contributed by atoms with Crippen LogP contribution in [0.5, 0.6) is 0 Å². The van der Waals surface area contributed by atoms with Gasteiger partial charge in [0.15, 0.2) is 0 Å². The van der Waals surface area contributed by atoms with Crippen molar-refractivity contribution in [1.82, 2.24) is 4.90 Å². The summed E-state index contributed by atoms with van der Waals surface area (Å²) in [5.74, 6) is -0.690. The SMILES string of the molecule is CC(C)N(CC(=O)O)C1CCC2(CCCC2)CC1. The Hall–Kier alpha value is -0.570. The number of hydrogen-bond acceptors (Lipinski definition) is 2. The van der Waals surface area contributed by atoms with Crippen LogP contribution in [-0.2, 0) is 4.79 Å². The van der Waals surface area contributed by atoms with Crippen LogP contribution in [-0.4, -0.2) is 34.6 Å². The molecule has 2 aliphatic rings. The van der Waals surface area contributed by atoms with Crippen molar-refractivity contribution >= 4 is 5.97 Å². The van der Waals surface area contributed by atoms with Gasteiger partial charge < -0.3 is 5.11 Å². The summed E-state index contributed by atoms with van der Waals surface area (Å²) in [4.78, 5) is 13.1. The van der Waals surface area contributed by atoms with Crippen LogP contribution in [0.25, 0.3) is 0 Å². The van der Waals surface area contributed by atoms with Gasteiger partial charge in [0, 0.05) is 12.1 Å². The topological polar surface area (TPSA) is 40.5 Å². The lowest BCUT2D eigenvalue weighted by molar-refractivity contribution is -0.139. The minimum absolute atomic E-state index is 0.204. The molecule has 0 aromatic rings. The molecule has 0 aromatic carbocycles. The Labute approximate surface area is 111 Å². The van der Waals surface area contributed by atoms with E-state index in [1.807, 2.05) is 0 Å². The second kappa shape index (κ2) is 5.60. The summed E-state index contributed by atoms with van der Waals surface area (Å²) in [5, 5.41) is 9.03. The lowest BCUT2D eigenvalue weighted by Crippen LogP contribution is -2.46. The molecule has 3 heteroatoms. The van der Waals surface area contributed by atoms with Gasteiger partial charge in [-0.25, -0.2) is 0 Å². The Morgan fingerprint density at radius 1 is 1.22 bits per heavy atom. The fourth-order valence-corrected chi connectivity index (χ4v) is 4.06. The van der Waals surface area contributed by atoms with Crippen LogP contribution in [0.1, 0.15) is 65.2 Å². The van der Waals surface area contributed by atoms with Crippen molar-refractivity contribution < 1.29 is 9.90 Å². The van der Waals surface area contributed by atoms with E-state index in [0.29, 0.717) is 17.5 Å². The summed E-state index contributed by atoms with van der Waals surface area (Å²) in [6.07, 6.45) is 10.7. The van der Waals surface area contributed by atoms with Gasteiger partial charge in [-0.05, 0) is 57.8 Å². The van der Waals surface area contributed by atoms with Gasteiger partial charge in [-0.3, -0.25) is 9.69 Å². The van der Waals surface area contributed by atoms with Crippen molar-refractivity contribution in [1.29, 1.82) is 0 Å². The van der Waals surface area contributed by atoms with Crippen LogP contribution >= 0.6 is 0 Å². The third-order valence-electron chi connectivity index (χ3n) is 5.13. The number of hydrogen-bond donors (Lipinski definition) is 1. The number of nitrogens with zero attached hydrogens (tertiary/aromatic N) is 1. The number of rotatable bonds is 4. The fraction of sp³-hybridized carbons (Fsp3) is 0.933. The van der Waals surface area contributed by atoms with E-state index in [0.717, 1.165) is 0 Å². The van der Waals surface area contributed by atoms with Gasteiger partial charge in [0.1, 0.15) is 0 Å². The molecule has 1 N–H and O–H groups in total. The first kappa shape index (κ1) is 13.9. The van der Waals surface area contributed by atoms with Gasteiger partial charge >= 0.3 is 5.97 Å². The summed E-state index contributed by atoms with van der Waals surface area (Å²) in [6.45, 7) is 4.43. The zero-order chi connectivity index (χ0) is 13.2. The van der Waals surface area contributed by atoms with Gasteiger partial charge in [-0.2, -0.15) is 0 Å². The van der Waals surface area contributed by atoms with Crippen LogP contribution in [0.15, 0.2) is 0 Å². The van der Waals surface area contributed by atoms with E-state index < -0.39 is 5.97 Å². The molecule has 0 bridgehead atoms. The molecule has 0 amide bonds. The van der Waals surface area contributed by atoms with Crippen molar-refractivity contribution in [2.75, 3.05) is 6.54 Å². The summed E-state index contributed by atoms with van der Waals surface area (Å²) < 4.78 is 0. The van der Waals surface area contributed by atoms with Crippen LogP contribution in [0.4, 0.5) is 0 Å². The maximum absolute atomic E-state index is 11.0. The second-order valence-electron chi connectivity index (χ2n) is 6.60. The first-order valence-corrected chi connectivity index (χ1v) is 7.50. The average Bonchev–Trinajstić information content (AvgIpc) is 2.75. The summed E-state index contributed by atoms with van der Waals surface area (Å²) in [7, 11) is 0. The Kier molecular flexibility index (Phi) is 4.31. The Balaban J connectivity index is 1.92. The van der Waals surface area contributed by atoms with Crippen LogP contribution < -0.4 is 0 Å². The minimum atomic E-state index is -0.690. The predicted octanol–water partition coefficient (Wildman–Crippen LogP) is 3.28. The molecule has 0 heterocycles. The minimum Gasteiger partial charge on any atom is -0.480 e. The standard InChI is InChI=1S/C15H27NO2/c1-12(2)16(11-14(17)18)13-5-9-15(10-6-13)7-3-4-8-15/h12-13H,3-11H2,1-2H3,(H,17,18). The third-order valence-corrected chi connectivity index (χ3v) is 5.13. The second-order valence-corrected chi connectivity index (χ2v) is 6.60. The van der Waals surface area contributed by atoms with Crippen molar-refractivity contribution in [3.63, 3.8) is 0 Å². The van der Waals surface area contributed by atoms with E-state index in [-0.39, 0.29) is 6.54 Å². The Bertz CT molecular complexity index is 285. The average molecular weight is 253 g/mol. The fourth-order valence-electron chi connectivity index (χ4n) is 4.06. The van der Waals surface area contributed by atoms with Crippen LogP contribution in [0.3, 0.4) is 0 Å². The molecule has 0 unspecified atom stereocenters. The molecule has 0 atom stereocenters. The van der Waals surface area contributed by atoms with E-state index in [9.17, 15) is 4.79 Å². The molecule has 104 valence electrons. The van der Waals surface area contributed by atoms with Gasteiger partial charge in [0.05, 0.1) is 6.54 Å². The summed E-state index contributed by atoms with van der Waals surface area (Å²) in [5.41, 5.74) is 0.641. The largest absolute Gasteiger partial charge is 0.480 e. The molecule has 18 heavy (non-hydrogen) atoms. The Morgan fingerprint density at radius 2 is 1.78 bits per heavy atom. The van der Waals surface area contributed by atoms with E-state index in [4.69, 9.17) is 5.11 Å². The van der Waals surface area contributed by atoms with E-state index >= 15 is 0 Å². The molecule has 0 aromatic heterocycles. The molecule has 1 spiro atoms. The summed E-state index contributed by atoms with van der Waals surface area (Å²) in [6, 6.07) is 0.830. The normalized spacial score (nSPS) is 24.2. The first-order valence-electron chi connectivity index (χ1n) is 7.50. The highest BCUT2D eigenvalue weighted by molar-refractivity contribution is 5.69. The van der Waals surface area contributed by atoms with Crippen molar-refractivity contribution in [3.05, 3.63) is 0 Å². The quantitative estimate of drug-likeness (QED) is 0.836. The van der Waals surface area contributed by atoms with Gasteiger partial charge in [-0.1, -0.05) is 12.8 Å². The predicted molar refractivity (Wildman–Crippen MR) is 72.6 cm³/mol. The molecular formula is C15H27NO2. The van der Waals surface area contributed by atoms with Gasteiger partial charge in [-0.15, -0.1) is 0 Å². The maximum Gasteiger partial charge on any atom is 0.317 e. The van der Waals surface area contributed by atoms with E-state index in [1.165, 1.54) is 51.4 Å². The number of aliphatic carboxylic acids is 1. The van der Waals surface area contributed by atoms with Crippen molar-refractivity contribution in [2.24, 2.45) is 5.41 Å². The highest BCUT2D eigenvalue weighted by Crippen LogP contribution is 2.49. The van der Waals surface area contributed by atoms with Gasteiger partial charge in [0.25, 0.3) is 0 Å². The van der Waals surface area contributed by atoms with Crippen LogP contribution in [0.2, 0.25) is 0 Å². The smallest absolute Gasteiger partial charge is 0.317 e. The van der Waals surface area contributed by atoms with E-state index in [1.54, 1.807) is 0 Å². The zero-order valence-electron chi connectivity index (χ0n) is 11.8. The van der Waals surface area contributed by atoms with Gasteiger partial charge in [0.2, 0.25) is 0 Å². The first-order chi connectivity index (χ1) is 8.52. The summed E-state index contributed by atoms with van der Waals surface area (Å²) >= 11 is 0. The van der Waals surface area contributed by atoms with Crippen molar-refractivity contribution in [3.8, 4) is 0 Å². The highest BCUT2D eigenvalue weighted by Gasteiger charge is 2.39. The van der Waals surface area contributed by atoms with E-state index in [2.05, 4.69) is 18.7 Å². The molecule has 3 nitrogen and oxygen atoms in total. The van der Waals surface area contributed by atoms with Crippen LogP contribution in [0, 0.1) is 5.41 Å². The highest BCUT2D eigenvalue weighted by atomic mass is 16.4. The molecule has 2 rings (SSSR count).